The topological polar surface area (TPSA) is 25.2 Å². The molecule has 0 aliphatic heterocycles. The van der Waals surface area contributed by atoms with Crippen LogP contribution in [0.3, 0.4) is 0 Å². The molecule has 2 aromatic rings. The molecular formula is C16H20ClNO. The molecule has 0 fully saturated rings. The normalized spacial score (nSPS) is 12.5. The lowest BCUT2D eigenvalue weighted by molar-refractivity contribution is 0.499. The van der Waals surface area contributed by atoms with Gasteiger partial charge >= 0.3 is 0 Å². The van der Waals surface area contributed by atoms with E-state index in [0.29, 0.717) is 6.04 Å². The molecule has 2 rings (SSSR count). The van der Waals surface area contributed by atoms with Crippen molar-refractivity contribution in [3.05, 3.63) is 59.0 Å². The Balaban J connectivity index is 2.03. The number of hydrogen-bond donors (Lipinski definition) is 1. The first-order valence-electron chi connectivity index (χ1n) is 6.77. The van der Waals surface area contributed by atoms with Gasteiger partial charge in [0.25, 0.3) is 0 Å². The molecule has 102 valence electrons. The van der Waals surface area contributed by atoms with Crippen molar-refractivity contribution in [2.24, 2.45) is 0 Å². The Bertz CT molecular complexity index is 481. The van der Waals surface area contributed by atoms with E-state index in [1.807, 2.05) is 30.5 Å². The average molecular weight is 278 g/mol. The van der Waals surface area contributed by atoms with Gasteiger partial charge in [-0.1, -0.05) is 36.7 Å². The van der Waals surface area contributed by atoms with Gasteiger partial charge in [0, 0.05) is 11.1 Å². The van der Waals surface area contributed by atoms with Crippen molar-refractivity contribution < 1.29 is 4.42 Å². The molecule has 3 heteroatoms. The Labute approximate surface area is 119 Å². The van der Waals surface area contributed by atoms with Crippen LogP contribution in [0, 0.1) is 0 Å². The van der Waals surface area contributed by atoms with Gasteiger partial charge in [-0.25, -0.2) is 0 Å². The van der Waals surface area contributed by atoms with E-state index in [-0.39, 0.29) is 0 Å². The largest absolute Gasteiger partial charge is 0.472 e. The highest BCUT2D eigenvalue weighted by Crippen LogP contribution is 2.18. The zero-order chi connectivity index (χ0) is 13.5. The van der Waals surface area contributed by atoms with Crippen molar-refractivity contribution in [3.8, 4) is 0 Å². The van der Waals surface area contributed by atoms with Gasteiger partial charge < -0.3 is 9.73 Å². The Morgan fingerprint density at radius 2 is 2.05 bits per heavy atom. The molecule has 0 saturated heterocycles. The van der Waals surface area contributed by atoms with Crippen LogP contribution in [-0.2, 0) is 12.8 Å². The van der Waals surface area contributed by atoms with Crippen molar-refractivity contribution in [2.75, 3.05) is 6.54 Å². The quantitative estimate of drug-likeness (QED) is 0.825. The molecule has 0 amide bonds. The van der Waals surface area contributed by atoms with E-state index in [1.54, 1.807) is 6.26 Å². The standard InChI is InChI=1S/C16H20ClNO/c1-2-8-18-15(10-13-7-9-19-12-13)11-14-5-3-4-6-16(14)17/h3-7,9,12,15,18H,2,8,10-11H2,1H3. The Morgan fingerprint density at radius 1 is 1.21 bits per heavy atom. The fourth-order valence-electron chi connectivity index (χ4n) is 2.19. The van der Waals surface area contributed by atoms with Gasteiger partial charge in [-0.05, 0) is 49.1 Å². The third-order valence-corrected chi connectivity index (χ3v) is 3.54. The van der Waals surface area contributed by atoms with Crippen LogP contribution in [-0.4, -0.2) is 12.6 Å². The summed E-state index contributed by atoms with van der Waals surface area (Å²) in [5, 5.41) is 4.43. The van der Waals surface area contributed by atoms with E-state index in [4.69, 9.17) is 16.0 Å². The van der Waals surface area contributed by atoms with Gasteiger partial charge in [0.05, 0.1) is 12.5 Å². The number of benzene rings is 1. The molecule has 0 aliphatic rings. The zero-order valence-electron chi connectivity index (χ0n) is 11.2. The van der Waals surface area contributed by atoms with Crippen LogP contribution in [0.2, 0.25) is 5.02 Å². The monoisotopic (exact) mass is 277 g/mol. The molecule has 0 aliphatic carbocycles. The van der Waals surface area contributed by atoms with E-state index in [9.17, 15) is 0 Å². The van der Waals surface area contributed by atoms with Crippen LogP contribution in [0.1, 0.15) is 24.5 Å². The second-order valence-electron chi connectivity index (χ2n) is 4.78. The van der Waals surface area contributed by atoms with Gasteiger partial charge in [-0.2, -0.15) is 0 Å². The van der Waals surface area contributed by atoms with Crippen molar-refractivity contribution in [3.63, 3.8) is 0 Å². The molecule has 1 N–H and O–H groups in total. The maximum Gasteiger partial charge on any atom is 0.0935 e. The maximum atomic E-state index is 6.24. The van der Waals surface area contributed by atoms with E-state index in [0.717, 1.165) is 30.8 Å². The minimum absolute atomic E-state index is 0.387. The molecule has 0 bridgehead atoms. The lowest BCUT2D eigenvalue weighted by Crippen LogP contribution is -2.33. The molecule has 19 heavy (non-hydrogen) atoms. The predicted octanol–water partition coefficient (Wildman–Crippen LogP) is 4.09. The summed E-state index contributed by atoms with van der Waals surface area (Å²) in [6.07, 6.45) is 6.56. The van der Waals surface area contributed by atoms with E-state index in [2.05, 4.69) is 18.3 Å². The number of rotatable bonds is 7. The van der Waals surface area contributed by atoms with E-state index >= 15 is 0 Å². The highest BCUT2D eigenvalue weighted by Gasteiger charge is 2.12. The number of nitrogens with one attached hydrogen (secondary N) is 1. The first kappa shape index (κ1) is 14.2. The van der Waals surface area contributed by atoms with Gasteiger partial charge in [0.15, 0.2) is 0 Å². The minimum Gasteiger partial charge on any atom is -0.472 e. The average Bonchev–Trinajstić information content (AvgIpc) is 2.91. The number of furan rings is 1. The van der Waals surface area contributed by atoms with Crippen LogP contribution < -0.4 is 5.32 Å². The maximum absolute atomic E-state index is 6.24. The van der Waals surface area contributed by atoms with Gasteiger partial charge in [0.2, 0.25) is 0 Å². The second kappa shape index (κ2) is 7.37. The van der Waals surface area contributed by atoms with Gasteiger partial charge in [0.1, 0.15) is 0 Å². The van der Waals surface area contributed by atoms with Gasteiger partial charge in [-0.3, -0.25) is 0 Å². The van der Waals surface area contributed by atoms with Gasteiger partial charge in [-0.15, -0.1) is 0 Å². The van der Waals surface area contributed by atoms with Crippen molar-refractivity contribution >= 4 is 11.6 Å². The summed E-state index contributed by atoms with van der Waals surface area (Å²) < 4.78 is 5.14. The van der Waals surface area contributed by atoms with Crippen LogP contribution >= 0.6 is 11.6 Å². The summed E-state index contributed by atoms with van der Waals surface area (Å²) in [4.78, 5) is 0. The lowest BCUT2D eigenvalue weighted by atomic mass is 10.0. The summed E-state index contributed by atoms with van der Waals surface area (Å²) >= 11 is 6.24. The molecular weight excluding hydrogens is 258 g/mol. The third-order valence-electron chi connectivity index (χ3n) is 3.17. The molecule has 2 nitrogen and oxygen atoms in total. The van der Waals surface area contributed by atoms with Crippen LogP contribution in [0.4, 0.5) is 0 Å². The van der Waals surface area contributed by atoms with Crippen LogP contribution in [0.25, 0.3) is 0 Å². The molecule has 1 aromatic carbocycles. The summed E-state index contributed by atoms with van der Waals surface area (Å²) in [5.74, 6) is 0. The first-order valence-corrected chi connectivity index (χ1v) is 7.15. The van der Waals surface area contributed by atoms with E-state index in [1.165, 1.54) is 11.1 Å². The van der Waals surface area contributed by atoms with E-state index < -0.39 is 0 Å². The Hall–Kier alpha value is -1.25. The zero-order valence-corrected chi connectivity index (χ0v) is 12.0. The van der Waals surface area contributed by atoms with Crippen LogP contribution in [0.5, 0.6) is 0 Å². The molecule has 1 atom stereocenters. The van der Waals surface area contributed by atoms with Crippen molar-refractivity contribution in [1.29, 1.82) is 0 Å². The number of halogens is 1. The summed E-state index contributed by atoms with van der Waals surface area (Å²) in [6, 6.07) is 10.5. The molecule has 1 heterocycles. The third kappa shape index (κ3) is 4.41. The highest BCUT2D eigenvalue weighted by atomic mass is 35.5. The second-order valence-corrected chi connectivity index (χ2v) is 5.19. The fraction of sp³-hybridized carbons (Fsp3) is 0.375. The smallest absolute Gasteiger partial charge is 0.0935 e. The molecule has 1 unspecified atom stereocenters. The summed E-state index contributed by atoms with van der Waals surface area (Å²) in [7, 11) is 0. The lowest BCUT2D eigenvalue weighted by Gasteiger charge is -2.18. The molecule has 1 aromatic heterocycles. The fourth-order valence-corrected chi connectivity index (χ4v) is 2.40. The van der Waals surface area contributed by atoms with Crippen molar-refractivity contribution in [2.45, 2.75) is 32.2 Å². The number of hydrogen-bond acceptors (Lipinski definition) is 2. The predicted molar refractivity (Wildman–Crippen MR) is 79.6 cm³/mol. The molecule has 0 saturated carbocycles. The Morgan fingerprint density at radius 3 is 2.74 bits per heavy atom. The molecule has 0 radical (unpaired) electrons. The highest BCUT2D eigenvalue weighted by molar-refractivity contribution is 6.31. The summed E-state index contributed by atoms with van der Waals surface area (Å²) in [5.41, 5.74) is 2.42. The SMILES string of the molecule is CCCNC(Cc1ccoc1)Cc1ccccc1Cl. The van der Waals surface area contributed by atoms with Crippen LogP contribution in [0.15, 0.2) is 47.3 Å². The Kier molecular flexibility index (Phi) is 5.49. The first-order chi connectivity index (χ1) is 9.29. The minimum atomic E-state index is 0.387. The summed E-state index contributed by atoms with van der Waals surface area (Å²) in [6.45, 7) is 3.20. The van der Waals surface area contributed by atoms with Crippen molar-refractivity contribution in [1.82, 2.24) is 5.32 Å². The molecule has 0 spiro atoms.